The molecule has 1 aliphatic heterocycles. The number of rotatable bonds is 5. The SMILES string of the molecule is CC1CN(C(=O)OCc2ccccc2)CCN1CCC(=O)O. The number of benzene rings is 1. The number of nitrogens with zero attached hydrogens (tertiary/aromatic N) is 2. The van der Waals surface area contributed by atoms with Gasteiger partial charge in [-0.1, -0.05) is 30.3 Å². The predicted octanol–water partition coefficient (Wildman–Crippen LogP) is 1.80. The number of ether oxygens (including phenoxy) is 1. The normalized spacial score (nSPS) is 19.0. The number of piperazine rings is 1. The van der Waals surface area contributed by atoms with Crippen molar-refractivity contribution in [2.45, 2.75) is 26.0 Å². The topological polar surface area (TPSA) is 70.1 Å². The summed E-state index contributed by atoms with van der Waals surface area (Å²) in [6, 6.07) is 9.71. The minimum absolute atomic E-state index is 0.128. The largest absolute Gasteiger partial charge is 0.481 e. The van der Waals surface area contributed by atoms with Crippen LogP contribution in [0.15, 0.2) is 30.3 Å². The number of carbonyl (C=O) groups is 2. The van der Waals surface area contributed by atoms with Gasteiger partial charge in [-0.15, -0.1) is 0 Å². The van der Waals surface area contributed by atoms with Gasteiger partial charge in [0, 0.05) is 32.2 Å². The Balaban J connectivity index is 1.77. The Labute approximate surface area is 130 Å². The van der Waals surface area contributed by atoms with E-state index in [0.29, 0.717) is 26.2 Å². The summed E-state index contributed by atoms with van der Waals surface area (Å²) in [7, 11) is 0. The fraction of sp³-hybridized carbons (Fsp3) is 0.500. The Bertz CT molecular complexity index is 506. The second kappa shape index (κ2) is 7.79. The van der Waals surface area contributed by atoms with Crippen molar-refractivity contribution in [2.24, 2.45) is 0 Å². The molecule has 0 bridgehead atoms. The van der Waals surface area contributed by atoms with E-state index >= 15 is 0 Å². The summed E-state index contributed by atoms with van der Waals surface area (Å²) in [6.45, 7) is 4.59. The maximum absolute atomic E-state index is 12.1. The fourth-order valence-corrected chi connectivity index (χ4v) is 2.54. The van der Waals surface area contributed by atoms with Crippen molar-refractivity contribution in [3.8, 4) is 0 Å². The third kappa shape index (κ3) is 4.73. The monoisotopic (exact) mass is 306 g/mol. The lowest BCUT2D eigenvalue weighted by Crippen LogP contribution is -2.54. The lowest BCUT2D eigenvalue weighted by molar-refractivity contribution is -0.137. The van der Waals surface area contributed by atoms with Crippen molar-refractivity contribution in [3.63, 3.8) is 0 Å². The minimum Gasteiger partial charge on any atom is -0.481 e. The molecule has 1 aliphatic rings. The van der Waals surface area contributed by atoms with E-state index in [9.17, 15) is 9.59 Å². The smallest absolute Gasteiger partial charge is 0.410 e. The highest BCUT2D eigenvalue weighted by Gasteiger charge is 2.27. The number of amides is 1. The lowest BCUT2D eigenvalue weighted by Gasteiger charge is -2.39. The Morgan fingerprint density at radius 2 is 2.00 bits per heavy atom. The quantitative estimate of drug-likeness (QED) is 0.898. The summed E-state index contributed by atoms with van der Waals surface area (Å²) in [5.74, 6) is -0.795. The summed E-state index contributed by atoms with van der Waals surface area (Å²) < 4.78 is 5.32. The van der Waals surface area contributed by atoms with Crippen molar-refractivity contribution in [3.05, 3.63) is 35.9 Å². The van der Waals surface area contributed by atoms with E-state index in [2.05, 4.69) is 4.90 Å². The van der Waals surface area contributed by atoms with Gasteiger partial charge in [-0.3, -0.25) is 9.69 Å². The van der Waals surface area contributed by atoms with Crippen LogP contribution in [0.2, 0.25) is 0 Å². The summed E-state index contributed by atoms with van der Waals surface area (Å²) in [5, 5.41) is 8.74. The molecule has 0 aromatic heterocycles. The Morgan fingerprint density at radius 1 is 1.27 bits per heavy atom. The Morgan fingerprint density at radius 3 is 2.64 bits per heavy atom. The number of hydrogen-bond acceptors (Lipinski definition) is 4. The van der Waals surface area contributed by atoms with Crippen LogP contribution in [0.25, 0.3) is 0 Å². The molecule has 120 valence electrons. The molecule has 6 heteroatoms. The van der Waals surface area contributed by atoms with Crippen LogP contribution in [-0.4, -0.2) is 59.2 Å². The molecule has 1 N–H and O–H groups in total. The summed E-state index contributed by atoms with van der Waals surface area (Å²) >= 11 is 0. The molecule has 1 atom stereocenters. The summed E-state index contributed by atoms with van der Waals surface area (Å²) in [5.41, 5.74) is 0.962. The maximum Gasteiger partial charge on any atom is 0.410 e. The summed E-state index contributed by atoms with van der Waals surface area (Å²) in [4.78, 5) is 26.5. The second-order valence-electron chi connectivity index (χ2n) is 5.51. The molecule has 0 saturated carbocycles. The van der Waals surface area contributed by atoms with Crippen LogP contribution < -0.4 is 0 Å². The number of carboxylic acid groups (broad SMARTS) is 1. The van der Waals surface area contributed by atoms with E-state index in [1.54, 1.807) is 4.90 Å². The molecule has 0 radical (unpaired) electrons. The Kier molecular flexibility index (Phi) is 5.77. The highest BCUT2D eigenvalue weighted by molar-refractivity contribution is 5.68. The first-order valence-electron chi connectivity index (χ1n) is 7.47. The van der Waals surface area contributed by atoms with E-state index in [-0.39, 0.29) is 25.2 Å². The first-order chi connectivity index (χ1) is 10.6. The molecule has 1 aromatic rings. The molecule has 1 unspecified atom stereocenters. The molecule has 1 aromatic carbocycles. The van der Waals surface area contributed by atoms with E-state index < -0.39 is 5.97 Å². The van der Waals surface area contributed by atoms with Crippen molar-refractivity contribution in [2.75, 3.05) is 26.2 Å². The molecule has 0 aliphatic carbocycles. The lowest BCUT2D eigenvalue weighted by atomic mass is 10.2. The van der Waals surface area contributed by atoms with Gasteiger partial charge >= 0.3 is 12.1 Å². The molecule has 1 amide bonds. The number of aliphatic carboxylic acids is 1. The molecule has 1 saturated heterocycles. The van der Waals surface area contributed by atoms with Crippen LogP contribution in [0, 0.1) is 0 Å². The Hall–Kier alpha value is -2.08. The standard InChI is InChI=1S/C16H22N2O4/c1-13-11-18(10-9-17(13)8-7-15(19)20)16(21)22-12-14-5-3-2-4-6-14/h2-6,13H,7-12H2,1H3,(H,19,20). The van der Waals surface area contributed by atoms with Crippen LogP contribution in [-0.2, 0) is 16.1 Å². The molecular weight excluding hydrogens is 284 g/mol. The number of carboxylic acids is 1. The minimum atomic E-state index is -0.795. The molecule has 6 nitrogen and oxygen atoms in total. The average molecular weight is 306 g/mol. The second-order valence-corrected chi connectivity index (χ2v) is 5.51. The summed E-state index contributed by atoms with van der Waals surface area (Å²) in [6.07, 6.45) is -0.184. The molecule has 1 heterocycles. The maximum atomic E-state index is 12.1. The van der Waals surface area contributed by atoms with Crippen molar-refractivity contribution in [1.82, 2.24) is 9.80 Å². The fourth-order valence-electron chi connectivity index (χ4n) is 2.54. The van der Waals surface area contributed by atoms with Gasteiger partial charge in [-0.25, -0.2) is 4.79 Å². The van der Waals surface area contributed by atoms with E-state index in [1.165, 1.54) is 0 Å². The van der Waals surface area contributed by atoms with E-state index in [4.69, 9.17) is 9.84 Å². The van der Waals surface area contributed by atoms with Gasteiger partial charge in [-0.2, -0.15) is 0 Å². The highest BCUT2D eigenvalue weighted by Crippen LogP contribution is 2.12. The van der Waals surface area contributed by atoms with Crippen LogP contribution in [0.3, 0.4) is 0 Å². The van der Waals surface area contributed by atoms with Crippen LogP contribution >= 0.6 is 0 Å². The van der Waals surface area contributed by atoms with Gasteiger partial charge in [0.2, 0.25) is 0 Å². The molecular formula is C16H22N2O4. The van der Waals surface area contributed by atoms with Crippen molar-refractivity contribution in [1.29, 1.82) is 0 Å². The highest BCUT2D eigenvalue weighted by atomic mass is 16.6. The first kappa shape index (κ1) is 16.3. The van der Waals surface area contributed by atoms with E-state index in [1.807, 2.05) is 37.3 Å². The third-order valence-corrected chi connectivity index (χ3v) is 3.84. The average Bonchev–Trinajstić information content (AvgIpc) is 2.52. The van der Waals surface area contributed by atoms with Gasteiger partial charge in [0.25, 0.3) is 0 Å². The van der Waals surface area contributed by atoms with Crippen LogP contribution in [0.1, 0.15) is 18.9 Å². The van der Waals surface area contributed by atoms with Gasteiger partial charge in [0.1, 0.15) is 6.61 Å². The van der Waals surface area contributed by atoms with Gasteiger partial charge in [0.05, 0.1) is 6.42 Å². The van der Waals surface area contributed by atoms with Crippen molar-refractivity contribution < 1.29 is 19.4 Å². The number of carbonyl (C=O) groups excluding carboxylic acids is 1. The van der Waals surface area contributed by atoms with E-state index in [0.717, 1.165) is 5.56 Å². The third-order valence-electron chi connectivity index (χ3n) is 3.84. The first-order valence-corrected chi connectivity index (χ1v) is 7.47. The predicted molar refractivity (Wildman–Crippen MR) is 81.5 cm³/mol. The van der Waals surface area contributed by atoms with Gasteiger partial charge < -0.3 is 14.7 Å². The van der Waals surface area contributed by atoms with Gasteiger partial charge in [-0.05, 0) is 12.5 Å². The molecule has 1 fully saturated rings. The van der Waals surface area contributed by atoms with Crippen LogP contribution in [0.5, 0.6) is 0 Å². The molecule has 22 heavy (non-hydrogen) atoms. The molecule has 2 rings (SSSR count). The van der Waals surface area contributed by atoms with Gasteiger partial charge in [0.15, 0.2) is 0 Å². The number of hydrogen-bond donors (Lipinski definition) is 1. The molecule has 0 spiro atoms. The van der Waals surface area contributed by atoms with Crippen LogP contribution in [0.4, 0.5) is 4.79 Å². The van der Waals surface area contributed by atoms with Crippen molar-refractivity contribution >= 4 is 12.1 Å². The zero-order valence-corrected chi connectivity index (χ0v) is 12.8. The zero-order valence-electron chi connectivity index (χ0n) is 12.8. The zero-order chi connectivity index (χ0) is 15.9.